The van der Waals surface area contributed by atoms with E-state index in [-0.39, 0.29) is 5.92 Å². The lowest BCUT2D eigenvalue weighted by Crippen LogP contribution is -2.34. The molecule has 18 heavy (non-hydrogen) atoms. The van der Waals surface area contributed by atoms with Gasteiger partial charge in [-0.3, -0.25) is 4.98 Å². The Morgan fingerprint density at radius 1 is 1.33 bits per heavy atom. The summed E-state index contributed by atoms with van der Waals surface area (Å²) in [6, 6.07) is 8.87. The Balaban J connectivity index is 1.93. The van der Waals surface area contributed by atoms with Gasteiger partial charge in [0.1, 0.15) is 0 Å². The zero-order valence-corrected chi connectivity index (χ0v) is 11.0. The van der Waals surface area contributed by atoms with Crippen LogP contribution in [0.25, 0.3) is 0 Å². The molecule has 0 aromatic carbocycles. The lowest BCUT2D eigenvalue weighted by atomic mass is 9.96. The highest BCUT2D eigenvalue weighted by molar-refractivity contribution is 5.10. The maximum Gasteiger partial charge on any atom is 0.0672 e. The number of pyridine rings is 1. The van der Waals surface area contributed by atoms with Crippen LogP contribution in [-0.4, -0.2) is 11.0 Å². The summed E-state index contributed by atoms with van der Waals surface area (Å²) in [6.07, 6.45) is 5.84. The highest BCUT2D eigenvalue weighted by Gasteiger charge is 2.22. The van der Waals surface area contributed by atoms with E-state index in [1.165, 1.54) is 19.3 Å². The molecule has 0 amide bonds. The van der Waals surface area contributed by atoms with Crippen LogP contribution in [0, 0.1) is 24.2 Å². The fraction of sp³-hybridized carbons (Fsp3) is 0.600. The van der Waals surface area contributed by atoms with E-state index in [9.17, 15) is 5.26 Å². The number of aryl methyl sites for hydroxylation is 1. The van der Waals surface area contributed by atoms with E-state index >= 15 is 0 Å². The normalized spacial score (nSPS) is 24.2. The highest BCUT2D eigenvalue weighted by Crippen LogP contribution is 2.23. The Morgan fingerprint density at radius 2 is 2.17 bits per heavy atom. The maximum absolute atomic E-state index is 9.22. The van der Waals surface area contributed by atoms with Crippen LogP contribution in [0.1, 0.15) is 43.5 Å². The van der Waals surface area contributed by atoms with Crippen LogP contribution in [0.3, 0.4) is 0 Å². The molecule has 1 heterocycles. The molecule has 96 valence electrons. The molecule has 3 nitrogen and oxygen atoms in total. The molecule has 1 fully saturated rings. The Bertz CT molecular complexity index is 422. The number of hydrogen-bond acceptors (Lipinski definition) is 3. The summed E-state index contributed by atoms with van der Waals surface area (Å²) in [5.41, 5.74) is 2.11. The predicted molar refractivity (Wildman–Crippen MR) is 71.8 cm³/mol. The minimum Gasteiger partial charge on any atom is -0.307 e. The zero-order chi connectivity index (χ0) is 12.8. The first-order valence-corrected chi connectivity index (χ1v) is 6.85. The molecule has 0 saturated heterocycles. The number of hydrogen-bond donors (Lipinski definition) is 1. The molecule has 1 aromatic rings. The number of aromatic nitrogens is 1. The summed E-state index contributed by atoms with van der Waals surface area (Å²) in [5, 5.41) is 12.7. The Morgan fingerprint density at radius 3 is 2.94 bits per heavy atom. The Labute approximate surface area is 109 Å². The van der Waals surface area contributed by atoms with Gasteiger partial charge in [0.25, 0.3) is 0 Å². The lowest BCUT2D eigenvalue weighted by Gasteiger charge is -2.20. The van der Waals surface area contributed by atoms with Gasteiger partial charge in [-0.15, -0.1) is 0 Å². The van der Waals surface area contributed by atoms with Crippen molar-refractivity contribution in [2.75, 3.05) is 0 Å². The molecular weight excluding hydrogens is 222 g/mol. The molecule has 0 aliphatic heterocycles. The number of nitrogens with zero attached hydrogens (tertiary/aromatic N) is 2. The second-order valence-corrected chi connectivity index (χ2v) is 5.13. The van der Waals surface area contributed by atoms with Gasteiger partial charge in [-0.05, 0) is 31.9 Å². The van der Waals surface area contributed by atoms with Crippen molar-refractivity contribution >= 4 is 0 Å². The topological polar surface area (TPSA) is 48.7 Å². The van der Waals surface area contributed by atoms with Gasteiger partial charge in [0.2, 0.25) is 0 Å². The highest BCUT2D eigenvalue weighted by atomic mass is 14.9. The minimum absolute atomic E-state index is 0.164. The molecule has 1 aromatic heterocycles. The number of nitriles is 1. The molecule has 1 saturated carbocycles. The largest absolute Gasteiger partial charge is 0.307 e. The summed E-state index contributed by atoms with van der Waals surface area (Å²) in [6.45, 7) is 2.78. The average Bonchev–Trinajstić information content (AvgIpc) is 2.61. The van der Waals surface area contributed by atoms with Gasteiger partial charge in [-0.2, -0.15) is 5.26 Å². The molecule has 2 unspecified atom stereocenters. The van der Waals surface area contributed by atoms with Crippen LogP contribution >= 0.6 is 0 Å². The predicted octanol–water partition coefficient (Wildman–Crippen LogP) is 2.95. The minimum atomic E-state index is 0.164. The van der Waals surface area contributed by atoms with Crippen LogP contribution < -0.4 is 5.32 Å². The van der Waals surface area contributed by atoms with E-state index in [4.69, 9.17) is 0 Å². The summed E-state index contributed by atoms with van der Waals surface area (Å²) in [5.74, 6) is 0.164. The SMILES string of the molecule is Cc1cccc(CNC2CCCCCC2C#N)n1. The van der Waals surface area contributed by atoms with Crippen LogP contribution in [0.2, 0.25) is 0 Å². The Hall–Kier alpha value is -1.40. The zero-order valence-electron chi connectivity index (χ0n) is 11.0. The first-order valence-electron chi connectivity index (χ1n) is 6.85. The van der Waals surface area contributed by atoms with Crippen LogP contribution in [-0.2, 0) is 6.54 Å². The van der Waals surface area contributed by atoms with Crippen molar-refractivity contribution in [3.05, 3.63) is 29.6 Å². The third kappa shape index (κ3) is 3.54. The second kappa shape index (κ2) is 6.51. The Kier molecular flexibility index (Phi) is 4.72. The van der Waals surface area contributed by atoms with Gasteiger partial charge in [0, 0.05) is 18.3 Å². The van der Waals surface area contributed by atoms with Gasteiger partial charge in [-0.1, -0.05) is 25.3 Å². The fourth-order valence-corrected chi connectivity index (χ4v) is 2.64. The van der Waals surface area contributed by atoms with Gasteiger partial charge < -0.3 is 5.32 Å². The fourth-order valence-electron chi connectivity index (χ4n) is 2.64. The van der Waals surface area contributed by atoms with E-state index in [0.717, 1.165) is 30.8 Å². The van der Waals surface area contributed by atoms with Crippen LogP contribution in [0.15, 0.2) is 18.2 Å². The number of nitrogens with one attached hydrogen (secondary N) is 1. The third-order valence-corrected chi connectivity index (χ3v) is 3.67. The lowest BCUT2D eigenvalue weighted by molar-refractivity contribution is 0.391. The molecule has 0 spiro atoms. The van der Waals surface area contributed by atoms with E-state index < -0.39 is 0 Å². The first-order chi connectivity index (χ1) is 8.79. The molecule has 2 rings (SSSR count). The average molecular weight is 243 g/mol. The van der Waals surface area contributed by atoms with E-state index in [1.807, 2.05) is 25.1 Å². The summed E-state index contributed by atoms with van der Waals surface area (Å²) < 4.78 is 0. The van der Waals surface area contributed by atoms with Crippen molar-refractivity contribution in [1.29, 1.82) is 5.26 Å². The molecular formula is C15H21N3. The van der Waals surface area contributed by atoms with E-state index in [1.54, 1.807) is 0 Å². The standard InChI is InChI=1S/C15H21N3/c1-12-6-5-8-14(18-12)11-17-15-9-4-2-3-7-13(15)10-16/h5-6,8,13,15,17H,2-4,7,9,11H2,1H3. The van der Waals surface area contributed by atoms with Crippen molar-refractivity contribution in [3.63, 3.8) is 0 Å². The summed E-state index contributed by atoms with van der Waals surface area (Å²) in [4.78, 5) is 4.49. The van der Waals surface area contributed by atoms with E-state index in [2.05, 4.69) is 16.4 Å². The molecule has 1 aliphatic rings. The van der Waals surface area contributed by atoms with Gasteiger partial charge >= 0.3 is 0 Å². The summed E-state index contributed by atoms with van der Waals surface area (Å²) >= 11 is 0. The summed E-state index contributed by atoms with van der Waals surface area (Å²) in [7, 11) is 0. The van der Waals surface area contributed by atoms with Crippen molar-refractivity contribution in [2.45, 2.75) is 51.6 Å². The number of rotatable bonds is 3. The molecule has 2 atom stereocenters. The van der Waals surface area contributed by atoms with Crippen LogP contribution in [0.4, 0.5) is 0 Å². The molecule has 1 N–H and O–H groups in total. The molecule has 3 heteroatoms. The quantitative estimate of drug-likeness (QED) is 0.830. The molecule has 0 radical (unpaired) electrons. The van der Waals surface area contributed by atoms with Crippen molar-refractivity contribution in [3.8, 4) is 6.07 Å². The van der Waals surface area contributed by atoms with Gasteiger partial charge in [0.05, 0.1) is 17.7 Å². The third-order valence-electron chi connectivity index (χ3n) is 3.67. The van der Waals surface area contributed by atoms with Crippen molar-refractivity contribution in [1.82, 2.24) is 10.3 Å². The van der Waals surface area contributed by atoms with Crippen molar-refractivity contribution < 1.29 is 0 Å². The molecule has 1 aliphatic carbocycles. The van der Waals surface area contributed by atoms with E-state index in [0.29, 0.717) is 6.04 Å². The van der Waals surface area contributed by atoms with Crippen LogP contribution in [0.5, 0.6) is 0 Å². The monoisotopic (exact) mass is 243 g/mol. The van der Waals surface area contributed by atoms with Gasteiger partial charge in [-0.25, -0.2) is 0 Å². The van der Waals surface area contributed by atoms with Crippen molar-refractivity contribution in [2.24, 2.45) is 5.92 Å². The van der Waals surface area contributed by atoms with Gasteiger partial charge in [0.15, 0.2) is 0 Å². The maximum atomic E-state index is 9.22. The first kappa shape index (κ1) is 13.0. The second-order valence-electron chi connectivity index (χ2n) is 5.13. The molecule has 0 bridgehead atoms. The smallest absolute Gasteiger partial charge is 0.0672 e.